The van der Waals surface area contributed by atoms with Gasteiger partial charge in [-0.3, -0.25) is 15.2 Å². The van der Waals surface area contributed by atoms with E-state index >= 15 is 0 Å². The van der Waals surface area contributed by atoms with Crippen LogP contribution in [0.25, 0.3) is 17.2 Å². The third kappa shape index (κ3) is 3.37. The molecule has 4 aromatic rings. The average Bonchev–Trinajstić information content (AvgIpc) is 3.36. The summed E-state index contributed by atoms with van der Waals surface area (Å²) in [6, 6.07) is 12.8. The minimum Gasteiger partial charge on any atom is -0.289 e. The van der Waals surface area contributed by atoms with E-state index in [9.17, 15) is 4.79 Å². The van der Waals surface area contributed by atoms with Gasteiger partial charge in [0.05, 0.1) is 22.5 Å². The van der Waals surface area contributed by atoms with Crippen molar-refractivity contribution < 1.29 is 4.79 Å². The minimum absolute atomic E-state index is 0.160. The highest BCUT2D eigenvalue weighted by atomic mass is 35.5. The van der Waals surface area contributed by atoms with Gasteiger partial charge in [0.15, 0.2) is 11.6 Å². The number of rotatable bonds is 5. The van der Waals surface area contributed by atoms with Crippen molar-refractivity contribution in [3.63, 3.8) is 0 Å². The second kappa shape index (κ2) is 7.61. The number of pyridine rings is 1. The average molecular weight is 394 g/mol. The van der Waals surface area contributed by atoms with Gasteiger partial charge in [-0.15, -0.1) is 5.10 Å². The fourth-order valence-electron chi connectivity index (χ4n) is 2.84. The second-order valence-electron chi connectivity index (χ2n) is 5.90. The number of aromatic nitrogens is 6. The quantitative estimate of drug-likeness (QED) is 0.540. The zero-order valence-corrected chi connectivity index (χ0v) is 15.7. The fraction of sp³-hybridized carbons (Fsp3) is 0.105. The number of carbonyl (C=O) groups excluding carboxylic acids is 1. The lowest BCUT2D eigenvalue weighted by Gasteiger charge is -2.06. The Morgan fingerprint density at radius 3 is 2.79 bits per heavy atom. The third-order valence-corrected chi connectivity index (χ3v) is 4.48. The highest BCUT2D eigenvalue weighted by Gasteiger charge is 2.19. The molecule has 0 spiro atoms. The third-order valence-electron chi connectivity index (χ3n) is 4.15. The topological polar surface area (TPSA) is 101 Å². The van der Waals surface area contributed by atoms with Crippen LogP contribution in [0.15, 0.2) is 54.9 Å². The molecule has 1 aromatic carbocycles. The summed E-state index contributed by atoms with van der Waals surface area (Å²) in [6.45, 7) is 1.95. The van der Waals surface area contributed by atoms with Crippen LogP contribution in [0.5, 0.6) is 0 Å². The number of halogens is 1. The summed E-state index contributed by atoms with van der Waals surface area (Å²) in [6.07, 6.45) is 3.81. The van der Waals surface area contributed by atoms with Gasteiger partial charge >= 0.3 is 0 Å². The van der Waals surface area contributed by atoms with E-state index in [1.807, 2.05) is 43.3 Å². The van der Waals surface area contributed by atoms with Crippen LogP contribution >= 0.6 is 11.6 Å². The summed E-state index contributed by atoms with van der Waals surface area (Å²) in [4.78, 5) is 21.3. The predicted octanol–water partition coefficient (Wildman–Crippen LogP) is 3.52. The molecule has 0 atom stereocenters. The monoisotopic (exact) mass is 393 g/mol. The van der Waals surface area contributed by atoms with Crippen LogP contribution in [0.4, 0.5) is 5.95 Å². The molecule has 0 saturated carbocycles. The number of anilines is 1. The van der Waals surface area contributed by atoms with Crippen LogP contribution in [0.3, 0.4) is 0 Å². The predicted molar refractivity (Wildman–Crippen MR) is 106 cm³/mol. The molecular formula is C19H16ClN7O. The Morgan fingerprint density at radius 2 is 2.04 bits per heavy atom. The zero-order chi connectivity index (χ0) is 19.5. The highest BCUT2D eigenvalue weighted by molar-refractivity contribution is 6.33. The van der Waals surface area contributed by atoms with Crippen LogP contribution < -0.4 is 5.32 Å². The maximum Gasteiger partial charge on any atom is 0.261 e. The number of hydrogen-bond acceptors (Lipinski definition) is 5. The van der Waals surface area contributed by atoms with Crippen LogP contribution in [0.2, 0.25) is 5.02 Å². The van der Waals surface area contributed by atoms with E-state index in [0.717, 1.165) is 5.69 Å². The van der Waals surface area contributed by atoms with Gasteiger partial charge in [0, 0.05) is 11.8 Å². The molecule has 4 rings (SSSR count). The molecule has 3 heterocycles. The van der Waals surface area contributed by atoms with E-state index in [1.165, 1.54) is 6.20 Å². The summed E-state index contributed by atoms with van der Waals surface area (Å²) < 4.78 is 1.65. The smallest absolute Gasteiger partial charge is 0.261 e. The Kier molecular flexibility index (Phi) is 4.86. The van der Waals surface area contributed by atoms with E-state index in [2.05, 4.69) is 30.6 Å². The first-order valence-corrected chi connectivity index (χ1v) is 9.02. The van der Waals surface area contributed by atoms with Crippen molar-refractivity contribution in [2.75, 3.05) is 5.32 Å². The summed E-state index contributed by atoms with van der Waals surface area (Å²) in [5, 5.41) is 14.4. The normalized spacial score (nSPS) is 10.8. The number of hydrogen-bond donors (Lipinski definition) is 2. The minimum atomic E-state index is -0.344. The molecule has 0 radical (unpaired) electrons. The SMILES string of the molecule is CCc1c(C(=O)Nc2n[nH]c(-c3ccccc3Cl)n2)cnn1-c1ccccn1. The first-order chi connectivity index (χ1) is 13.7. The van der Waals surface area contributed by atoms with Gasteiger partial charge in [-0.1, -0.05) is 36.7 Å². The number of nitrogens with zero attached hydrogens (tertiary/aromatic N) is 5. The van der Waals surface area contributed by atoms with Gasteiger partial charge in [-0.2, -0.15) is 10.1 Å². The summed E-state index contributed by atoms with van der Waals surface area (Å²) in [7, 11) is 0. The first-order valence-electron chi connectivity index (χ1n) is 8.64. The molecule has 0 bridgehead atoms. The van der Waals surface area contributed by atoms with Gasteiger partial charge in [0.2, 0.25) is 5.95 Å². The van der Waals surface area contributed by atoms with E-state index in [1.54, 1.807) is 16.9 Å². The van der Waals surface area contributed by atoms with E-state index in [0.29, 0.717) is 34.2 Å². The standard InChI is InChI=1S/C19H16ClN7O/c1-2-15-13(11-22-27(15)16-9-5-6-10-21-16)18(28)24-19-23-17(25-26-19)12-7-3-4-8-14(12)20/h3-11H,2H2,1H3,(H2,23,24,25,26,28). The molecule has 0 unspecified atom stereocenters. The molecule has 0 aliphatic carbocycles. The molecule has 9 heteroatoms. The molecule has 3 aromatic heterocycles. The number of H-pyrrole nitrogens is 1. The van der Waals surface area contributed by atoms with Crippen molar-refractivity contribution in [2.45, 2.75) is 13.3 Å². The van der Waals surface area contributed by atoms with Crippen molar-refractivity contribution in [3.05, 3.63) is 71.1 Å². The van der Waals surface area contributed by atoms with Crippen molar-refractivity contribution in [3.8, 4) is 17.2 Å². The van der Waals surface area contributed by atoms with Crippen molar-refractivity contribution in [1.82, 2.24) is 29.9 Å². The van der Waals surface area contributed by atoms with Gasteiger partial charge in [-0.05, 0) is 30.7 Å². The lowest BCUT2D eigenvalue weighted by Crippen LogP contribution is -2.15. The Balaban J connectivity index is 1.58. The molecule has 0 fully saturated rings. The van der Waals surface area contributed by atoms with E-state index in [-0.39, 0.29) is 11.9 Å². The number of carbonyl (C=O) groups is 1. The Labute approximate surface area is 165 Å². The number of benzene rings is 1. The zero-order valence-electron chi connectivity index (χ0n) is 14.9. The Bertz CT molecular complexity index is 1120. The van der Waals surface area contributed by atoms with Crippen LogP contribution in [0.1, 0.15) is 23.0 Å². The highest BCUT2D eigenvalue weighted by Crippen LogP contribution is 2.25. The maximum atomic E-state index is 12.7. The molecule has 0 saturated heterocycles. The van der Waals surface area contributed by atoms with Gasteiger partial charge in [0.1, 0.15) is 0 Å². The maximum absolute atomic E-state index is 12.7. The summed E-state index contributed by atoms with van der Waals surface area (Å²) in [5.74, 6) is 0.939. The van der Waals surface area contributed by atoms with E-state index < -0.39 is 0 Å². The molecule has 0 aliphatic heterocycles. The lowest BCUT2D eigenvalue weighted by molar-refractivity contribution is 0.102. The van der Waals surface area contributed by atoms with Crippen LogP contribution in [0, 0.1) is 0 Å². The molecule has 2 N–H and O–H groups in total. The van der Waals surface area contributed by atoms with E-state index in [4.69, 9.17) is 11.6 Å². The van der Waals surface area contributed by atoms with Gasteiger partial charge in [-0.25, -0.2) is 9.67 Å². The van der Waals surface area contributed by atoms with Crippen molar-refractivity contribution >= 4 is 23.5 Å². The molecule has 1 amide bonds. The van der Waals surface area contributed by atoms with Crippen molar-refractivity contribution in [2.24, 2.45) is 0 Å². The molecule has 8 nitrogen and oxygen atoms in total. The van der Waals surface area contributed by atoms with Crippen LogP contribution in [-0.2, 0) is 6.42 Å². The lowest BCUT2D eigenvalue weighted by atomic mass is 10.2. The van der Waals surface area contributed by atoms with Crippen molar-refractivity contribution in [1.29, 1.82) is 0 Å². The first kappa shape index (κ1) is 17.9. The number of aromatic amines is 1. The van der Waals surface area contributed by atoms with Crippen LogP contribution in [-0.4, -0.2) is 35.9 Å². The van der Waals surface area contributed by atoms with Gasteiger partial charge in [0.25, 0.3) is 5.91 Å². The Morgan fingerprint density at radius 1 is 1.21 bits per heavy atom. The largest absolute Gasteiger partial charge is 0.289 e. The summed E-state index contributed by atoms with van der Waals surface area (Å²) >= 11 is 6.18. The second-order valence-corrected chi connectivity index (χ2v) is 6.31. The fourth-order valence-corrected chi connectivity index (χ4v) is 3.07. The van der Waals surface area contributed by atoms with Gasteiger partial charge < -0.3 is 0 Å². The summed E-state index contributed by atoms with van der Waals surface area (Å²) in [5.41, 5.74) is 1.89. The molecule has 140 valence electrons. The molecular weight excluding hydrogens is 378 g/mol. The molecule has 0 aliphatic rings. The number of amides is 1. The molecule has 28 heavy (non-hydrogen) atoms. The number of nitrogens with one attached hydrogen (secondary N) is 2. The Hall–Kier alpha value is -3.52.